The van der Waals surface area contributed by atoms with Gasteiger partial charge in [-0.2, -0.15) is 0 Å². The van der Waals surface area contributed by atoms with Crippen molar-refractivity contribution in [1.82, 2.24) is 0 Å². The van der Waals surface area contributed by atoms with Crippen LogP contribution < -0.4 is 0 Å². The molecule has 3 heteroatoms. The third-order valence-electron chi connectivity index (χ3n) is 5.15. The maximum Gasteiger partial charge on any atom is 0.346 e. The molecule has 0 radical (unpaired) electrons. The highest BCUT2D eigenvalue weighted by Crippen LogP contribution is 2.63. The number of benzene rings is 1. The summed E-state index contributed by atoms with van der Waals surface area (Å²) < 4.78 is 11.8. The molecule has 2 aliphatic carbocycles. The standard InChI is InChI=1S/C18H22O3/c1-13-5-7-14(8-6-13)18(16(19)20-15-9-10-15)17(21-18)11-3-2-4-12-17/h5-8,15H,2-4,9-12H2,1H3. The highest BCUT2D eigenvalue weighted by atomic mass is 16.7. The van der Waals surface area contributed by atoms with Crippen LogP contribution in [0.25, 0.3) is 0 Å². The van der Waals surface area contributed by atoms with E-state index in [1.807, 2.05) is 12.1 Å². The predicted molar refractivity (Wildman–Crippen MR) is 78.9 cm³/mol. The lowest BCUT2D eigenvalue weighted by Gasteiger charge is -2.23. The molecule has 0 N–H and O–H groups in total. The summed E-state index contributed by atoms with van der Waals surface area (Å²) in [5.41, 5.74) is 1.04. The third kappa shape index (κ3) is 2.02. The van der Waals surface area contributed by atoms with Gasteiger partial charge in [0, 0.05) is 0 Å². The predicted octanol–water partition coefficient (Wildman–Crippen LogP) is 3.63. The number of rotatable bonds is 3. The van der Waals surface area contributed by atoms with Crippen molar-refractivity contribution in [3.8, 4) is 0 Å². The molecular weight excluding hydrogens is 264 g/mol. The normalized spacial score (nSPS) is 30.1. The Morgan fingerprint density at radius 3 is 2.43 bits per heavy atom. The summed E-state index contributed by atoms with van der Waals surface area (Å²) in [6.07, 6.45) is 7.61. The van der Waals surface area contributed by atoms with E-state index in [1.165, 1.54) is 12.0 Å². The van der Waals surface area contributed by atoms with Crippen LogP contribution in [0.4, 0.5) is 0 Å². The average Bonchev–Trinajstić information content (AvgIpc) is 3.39. The van der Waals surface area contributed by atoms with Gasteiger partial charge in [0.1, 0.15) is 11.7 Å². The summed E-state index contributed by atoms with van der Waals surface area (Å²) in [6, 6.07) is 8.18. The largest absolute Gasteiger partial charge is 0.460 e. The number of esters is 1. The van der Waals surface area contributed by atoms with Crippen molar-refractivity contribution in [3.05, 3.63) is 35.4 Å². The summed E-state index contributed by atoms with van der Waals surface area (Å²) in [6.45, 7) is 2.06. The molecular formula is C18H22O3. The number of epoxide rings is 1. The summed E-state index contributed by atoms with van der Waals surface area (Å²) in [5, 5.41) is 0. The zero-order valence-corrected chi connectivity index (χ0v) is 12.6. The van der Waals surface area contributed by atoms with Crippen molar-refractivity contribution in [2.75, 3.05) is 0 Å². The Balaban J connectivity index is 1.69. The second-order valence-corrected chi connectivity index (χ2v) is 6.81. The summed E-state index contributed by atoms with van der Waals surface area (Å²) in [7, 11) is 0. The van der Waals surface area contributed by atoms with E-state index < -0.39 is 5.60 Å². The Bertz CT molecular complexity index is 552. The van der Waals surface area contributed by atoms with Crippen LogP contribution in [-0.2, 0) is 19.9 Å². The quantitative estimate of drug-likeness (QED) is 0.629. The maximum atomic E-state index is 12.8. The first kappa shape index (κ1) is 13.3. The Hall–Kier alpha value is -1.35. The van der Waals surface area contributed by atoms with Gasteiger partial charge in [0.05, 0.1) is 0 Å². The summed E-state index contributed by atoms with van der Waals surface area (Å²) >= 11 is 0. The lowest BCUT2D eigenvalue weighted by molar-refractivity contribution is -0.151. The number of hydrogen-bond donors (Lipinski definition) is 0. The molecule has 0 aromatic heterocycles. The molecule has 3 aliphatic rings. The highest BCUT2D eigenvalue weighted by molar-refractivity contribution is 5.87. The Kier molecular flexibility index (Phi) is 2.90. The van der Waals surface area contributed by atoms with Crippen molar-refractivity contribution < 1.29 is 14.3 Å². The minimum Gasteiger partial charge on any atom is -0.460 e. The van der Waals surface area contributed by atoms with Crippen LogP contribution >= 0.6 is 0 Å². The van der Waals surface area contributed by atoms with Gasteiger partial charge in [0.15, 0.2) is 0 Å². The Morgan fingerprint density at radius 2 is 1.81 bits per heavy atom. The molecule has 4 rings (SSSR count). The van der Waals surface area contributed by atoms with Gasteiger partial charge >= 0.3 is 5.97 Å². The van der Waals surface area contributed by atoms with Crippen LogP contribution in [0.15, 0.2) is 24.3 Å². The van der Waals surface area contributed by atoms with E-state index in [-0.39, 0.29) is 17.7 Å². The monoisotopic (exact) mass is 286 g/mol. The molecule has 3 fully saturated rings. The Labute approximate surface area is 125 Å². The smallest absolute Gasteiger partial charge is 0.346 e. The topological polar surface area (TPSA) is 38.8 Å². The molecule has 112 valence electrons. The lowest BCUT2D eigenvalue weighted by atomic mass is 9.76. The molecule has 1 spiro atoms. The molecule has 1 saturated heterocycles. The van der Waals surface area contributed by atoms with Crippen LogP contribution in [0, 0.1) is 6.92 Å². The molecule has 0 amide bonds. The fourth-order valence-electron chi connectivity index (χ4n) is 3.72. The SMILES string of the molecule is Cc1ccc(C2(C(=O)OC3CC3)OC23CCCCC3)cc1. The molecule has 3 nitrogen and oxygen atoms in total. The van der Waals surface area contributed by atoms with Gasteiger partial charge in [-0.15, -0.1) is 0 Å². The number of aryl methyl sites for hydroxylation is 1. The van der Waals surface area contributed by atoms with Crippen LogP contribution in [0.1, 0.15) is 56.1 Å². The number of hydrogen-bond acceptors (Lipinski definition) is 3. The third-order valence-corrected chi connectivity index (χ3v) is 5.15. The Morgan fingerprint density at radius 1 is 1.14 bits per heavy atom. The molecule has 1 aromatic carbocycles. The average molecular weight is 286 g/mol. The first-order chi connectivity index (χ1) is 10.2. The molecule has 1 unspecified atom stereocenters. The van der Waals surface area contributed by atoms with Gasteiger partial charge in [0.25, 0.3) is 0 Å². The van der Waals surface area contributed by atoms with Crippen LogP contribution in [0.3, 0.4) is 0 Å². The molecule has 1 atom stereocenters. The van der Waals surface area contributed by atoms with E-state index in [9.17, 15) is 4.79 Å². The summed E-state index contributed by atoms with van der Waals surface area (Å²) in [5.74, 6) is -0.157. The molecule has 2 saturated carbocycles. The summed E-state index contributed by atoms with van der Waals surface area (Å²) in [4.78, 5) is 12.8. The van der Waals surface area contributed by atoms with Crippen LogP contribution in [0.5, 0.6) is 0 Å². The van der Waals surface area contributed by atoms with Crippen molar-refractivity contribution in [1.29, 1.82) is 0 Å². The molecule has 1 heterocycles. The zero-order chi connectivity index (χ0) is 14.5. The van der Waals surface area contributed by atoms with E-state index in [2.05, 4.69) is 19.1 Å². The second kappa shape index (κ2) is 4.57. The number of ether oxygens (including phenoxy) is 2. The maximum absolute atomic E-state index is 12.8. The minimum atomic E-state index is -0.830. The van der Waals surface area contributed by atoms with E-state index in [0.717, 1.165) is 44.1 Å². The van der Waals surface area contributed by atoms with E-state index in [4.69, 9.17) is 9.47 Å². The first-order valence-corrected chi connectivity index (χ1v) is 8.15. The molecule has 21 heavy (non-hydrogen) atoms. The van der Waals surface area contributed by atoms with Crippen LogP contribution in [0.2, 0.25) is 0 Å². The van der Waals surface area contributed by atoms with Crippen molar-refractivity contribution in [2.24, 2.45) is 0 Å². The van der Waals surface area contributed by atoms with E-state index in [1.54, 1.807) is 0 Å². The highest BCUT2D eigenvalue weighted by Gasteiger charge is 2.76. The molecule has 1 aromatic rings. The van der Waals surface area contributed by atoms with Crippen molar-refractivity contribution >= 4 is 5.97 Å². The second-order valence-electron chi connectivity index (χ2n) is 6.81. The fraction of sp³-hybridized carbons (Fsp3) is 0.611. The van der Waals surface area contributed by atoms with E-state index in [0.29, 0.717) is 0 Å². The molecule has 0 bridgehead atoms. The van der Waals surface area contributed by atoms with Gasteiger partial charge in [0.2, 0.25) is 5.60 Å². The lowest BCUT2D eigenvalue weighted by Crippen LogP contribution is -2.35. The van der Waals surface area contributed by atoms with Crippen LogP contribution in [-0.4, -0.2) is 17.7 Å². The van der Waals surface area contributed by atoms with Gasteiger partial charge < -0.3 is 9.47 Å². The first-order valence-electron chi connectivity index (χ1n) is 8.15. The van der Waals surface area contributed by atoms with Gasteiger partial charge in [-0.05, 0) is 38.2 Å². The fourth-order valence-corrected chi connectivity index (χ4v) is 3.72. The zero-order valence-electron chi connectivity index (χ0n) is 12.6. The number of carbonyl (C=O) groups excluding carboxylic acids is 1. The van der Waals surface area contributed by atoms with Gasteiger partial charge in [-0.3, -0.25) is 0 Å². The van der Waals surface area contributed by atoms with E-state index >= 15 is 0 Å². The minimum absolute atomic E-state index is 0.129. The molecule has 1 aliphatic heterocycles. The van der Waals surface area contributed by atoms with Gasteiger partial charge in [-0.25, -0.2) is 4.79 Å². The van der Waals surface area contributed by atoms with Gasteiger partial charge in [-0.1, -0.05) is 49.1 Å². The van der Waals surface area contributed by atoms with Crippen molar-refractivity contribution in [3.63, 3.8) is 0 Å². The number of carbonyl (C=O) groups is 1. The van der Waals surface area contributed by atoms with Crippen molar-refractivity contribution in [2.45, 2.75) is 69.2 Å².